The van der Waals surface area contributed by atoms with E-state index in [2.05, 4.69) is 20.4 Å². The number of urea groups is 1. The van der Waals surface area contributed by atoms with Gasteiger partial charge in [0.2, 0.25) is 0 Å². The number of hydrogen-bond donors (Lipinski definition) is 3. The standard InChI is InChI=1S/C19H17F6N3O3.C2HF3O2/c1-2-31-14(29)10-27-17(30)28-15(11-5-7-12(8-6-11)18(20,21)22)16-13(19(23,24)25)4-3-9-26-16;3-2(4,5)1(6)7/h3-9,15H,2,10H2,1H3,(H2,27,28,30);(H,6,7)/t15-;/m0./s1. The maximum atomic E-state index is 13.4. The Balaban J connectivity index is 0.000000905. The predicted octanol–water partition coefficient (Wildman–Crippen LogP) is 4.70. The first-order valence-electron chi connectivity index (χ1n) is 10.1. The van der Waals surface area contributed by atoms with E-state index >= 15 is 0 Å². The minimum absolute atomic E-state index is 0.0548. The molecule has 2 amide bonds. The van der Waals surface area contributed by atoms with Crippen molar-refractivity contribution in [2.45, 2.75) is 31.5 Å². The number of alkyl halides is 9. The van der Waals surface area contributed by atoms with Crippen LogP contribution in [0.2, 0.25) is 0 Å². The average Bonchev–Trinajstić information content (AvgIpc) is 2.80. The van der Waals surface area contributed by atoms with Gasteiger partial charge >= 0.3 is 36.5 Å². The van der Waals surface area contributed by atoms with E-state index < -0.39 is 65.9 Å². The maximum absolute atomic E-state index is 13.4. The number of esters is 1. The van der Waals surface area contributed by atoms with Crippen LogP contribution in [-0.2, 0) is 26.7 Å². The molecule has 0 fully saturated rings. The van der Waals surface area contributed by atoms with Gasteiger partial charge in [-0.3, -0.25) is 9.78 Å². The van der Waals surface area contributed by atoms with Gasteiger partial charge in [-0.25, -0.2) is 9.59 Å². The van der Waals surface area contributed by atoms with Gasteiger partial charge in [-0.05, 0) is 36.8 Å². The molecule has 0 saturated carbocycles. The van der Waals surface area contributed by atoms with Gasteiger partial charge in [-0.2, -0.15) is 39.5 Å². The Labute approximate surface area is 207 Å². The summed E-state index contributed by atoms with van der Waals surface area (Å²) in [5, 5.41) is 11.5. The summed E-state index contributed by atoms with van der Waals surface area (Å²) in [5.74, 6) is -3.54. The number of rotatable bonds is 6. The highest BCUT2D eigenvalue weighted by atomic mass is 19.4. The van der Waals surface area contributed by atoms with E-state index in [1.54, 1.807) is 6.92 Å². The summed E-state index contributed by atoms with van der Waals surface area (Å²) >= 11 is 0. The number of carboxylic acid groups (broad SMARTS) is 1. The molecule has 38 heavy (non-hydrogen) atoms. The normalized spacial score (nSPS) is 12.5. The van der Waals surface area contributed by atoms with Gasteiger partial charge < -0.3 is 20.5 Å². The summed E-state index contributed by atoms with van der Waals surface area (Å²) in [6, 6.07) is 2.41. The van der Waals surface area contributed by atoms with Gasteiger partial charge in [0, 0.05) is 6.20 Å². The van der Waals surface area contributed by atoms with Crippen molar-refractivity contribution in [3.05, 3.63) is 65.0 Å². The van der Waals surface area contributed by atoms with Crippen LogP contribution in [0.15, 0.2) is 42.6 Å². The third-order valence-corrected chi connectivity index (χ3v) is 4.21. The van der Waals surface area contributed by atoms with Crippen LogP contribution in [0.5, 0.6) is 0 Å². The number of pyridine rings is 1. The molecule has 1 heterocycles. The molecular formula is C21H18F9N3O5. The molecule has 0 saturated heterocycles. The summed E-state index contributed by atoms with van der Waals surface area (Å²) in [5.41, 5.74) is -2.89. The largest absolute Gasteiger partial charge is 0.490 e. The Hall–Kier alpha value is -4.05. The second kappa shape index (κ2) is 13.0. The molecule has 0 aliphatic carbocycles. The van der Waals surface area contributed by atoms with Crippen molar-refractivity contribution in [3.63, 3.8) is 0 Å². The summed E-state index contributed by atoms with van der Waals surface area (Å²) in [6.45, 7) is 1.03. The summed E-state index contributed by atoms with van der Waals surface area (Å²) < 4.78 is 115. The fraction of sp³-hybridized carbons (Fsp3) is 0.333. The lowest BCUT2D eigenvalue weighted by Crippen LogP contribution is -2.41. The highest BCUT2D eigenvalue weighted by molar-refractivity contribution is 5.81. The van der Waals surface area contributed by atoms with Crippen LogP contribution in [-0.4, -0.2) is 47.4 Å². The monoisotopic (exact) mass is 563 g/mol. The number of hydrogen-bond acceptors (Lipinski definition) is 5. The predicted molar refractivity (Wildman–Crippen MR) is 109 cm³/mol. The molecule has 1 aromatic carbocycles. The van der Waals surface area contributed by atoms with E-state index in [4.69, 9.17) is 9.90 Å². The fourth-order valence-electron chi connectivity index (χ4n) is 2.61. The number of carboxylic acids is 1. The minimum atomic E-state index is -5.08. The number of carbonyl (C=O) groups is 3. The molecule has 0 spiro atoms. The summed E-state index contributed by atoms with van der Waals surface area (Å²) in [7, 11) is 0. The quantitative estimate of drug-likeness (QED) is 0.347. The van der Waals surface area contributed by atoms with Gasteiger partial charge in [0.25, 0.3) is 0 Å². The van der Waals surface area contributed by atoms with E-state index in [1.165, 1.54) is 0 Å². The minimum Gasteiger partial charge on any atom is -0.475 e. The third-order valence-electron chi connectivity index (χ3n) is 4.21. The molecule has 3 N–H and O–H groups in total. The fourth-order valence-corrected chi connectivity index (χ4v) is 2.61. The van der Waals surface area contributed by atoms with Crippen LogP contribution in [0.1, 0.15) is 35.3 Å². The molecular weight excluding hydrogens is 545 g/mol. The lowest BCUT2D eigenvalue weighted by atomic mass is 9.98. The molecule has 2 rings (SSSR count). The van der Waals surface area contributed by atoms with Crippen molar-refractivity contribution >= 4 is 18.0 Å². The highest BCUT2D eigenvalue weighted by Gasteiger charge is 2.39. The van der Waals surface area contributed by atoms with Crippen LogP contribution in [0.4, 0.5) is 44.3 Å². The van der Waals surface area contributed by atoms with Gasteiger partial charge in [0.1, 0.15) is 6.54 Å². The van der Waals surface area contributed by atoms with Crippen molar-refractivity contribution in [2.24, 2.45) is 0 Å². The molecule has 1 atom stereocenters. The molecule has 0 radical (unpaired) electrons. The average molecular weight is 563 g/mol. The topological polar surface area (TPSA) is 118 Å². The first-order valence-corrected chi connectivity index (χ1v) is 10.1. The second-order valence-electron chi connectivity index (χ2n) is 6.92. The molecule has 0 aliphatic rings. The van der Waals surface area contributed by atoms with E-state index in [1.807, 2.05) is 0 Å². The maximum Gasteiger partial charge on any atom is 0.490 e. The van der Waals surface area contributed by atoms with Crippen molar-refractivity contribution in [2.75, 3.05) is 13.2 Å². The Morgan fingerprint density at radius 1 is 0.947 bits per heavy atom. The smallest absolute Gasteiger partial charge is 0.475 e. The van der Waals surface area contributed by atoms with Crippen LogP contribution >= 0.6 is 0 Å². The van der Waals surface area contributed by atoms with Crippen molar-refractivity contribution in [1.29, 1.82) is 0 Å². The third kappa shape index (κ3) is 10.1. The first kappa shape index (κ1) is 32.0. The Morgan fingerprint density at radius 2 is 1.50 bits per heavy atom. The first-order chi connectivity index (χ1) is 17.4. The SMILES string of the molecule is CCOC(=O)CNC(=O)N[C@@H](c1ccc(C(F)(F)F)cc1)c1ncccc1C(F)(F)F.O=C(O)C(F)(F)F. The van der Waals surface area contributed by atoms with Crippen LogP contribution in [0.3, 0.4) is 0 Å². The Morgan fingerprint density at radius 3 is 1.95 bits per heavy atom. The van der Waals surface area contributed by atoms with Gasteiger partial charge in [-0.1, -0.05) is 12.1 Å². The lowest BCUT2D eigenvalue weighted by molar-refractivity contribution is -0.192. The Kier molecular flexibility index (Phi) is 10.9. The number of aliphatic carboxylic acids is 1. The van der Waals surface area contributed by atoms with Crippen LogP contribution < -0.4 is 10.6 Å². The molecule has 8 nitrogen and oxygen atoms in total. The van der Waals surface area contributed by atoms with E-state index in [0.29, 0.717) is 12.1 Å². The molecule has 0 bridgehead atoms. The van der Waals surface area contributed by atoms with Gasteiger partial charge in [0.15, 0.2) is 0 Å². The van der Waals surface area contributed by atoms with Gasteiger partial charge in [-0.15, -0.1) is 0 Å². The number of nitrogens with one attached hydrogen (secondary N) is 2. The zero-order chi connectivity index (χ0) is 29.3. The summed E-state index contributed by atoms with van der Waals surface area (Å²) in [6.07, 6.45) is -13.5. The second-order valence-corrected chi connectivity index (χ2v) is 6.92. The highest BCUT2D eigenvalue weighted by Crippen LogP contribution is 2.36. The van der Waals surface area contributed by atoms with Gasteiger partial charge in [0.05, 0.1) is 29.5 Å². The Bertz CT molecular complexity index is 1100. The van der Waals surface area contributed by atoms with Crippen LogP contribution in [0, 0.1) is 0 Å². The van der Waals surface area contributed by atoms with Crippen molar-refractivity contribution in [3.8, 4) is 0 Å². The number of aromatic nitrogens is 1. The number of carbonyl (C=O) groups excluding carboxylic acids is 2. The molecule has 0 aliphatic heterocycles. The van der Waals surface area contributed by atoms with E-state index in [-0.39, 0.29) is 12.2 Å². The number of amides is 2. The number of ether oxygens (including phenoxy) is 1. The van der Waals surface area contributed by atoms with Crippen molar-refractivity contribution < 1.29 is 63.7 Å². The molecule has 2 aromatic rings. The summed E-state index contributed by atoms with van der Waals surface area (Å²) in [4.78, 5) is 36.1. The lowest BCUT2D eigenvalue weighted by Gasteiger charge is -2.23. The molecule has 17 heteroatoms. The van der Waals surface area contributed by atoms with E-state index in [0.717, 1.165) is 30.5 Å². The van der Waals surface area contributed by atoms with E-state index in [9.17, 15) is 49.1 Å². The zero-order valence-electron chi connectivity index (χ0n) is 19.0. The molecule has 0 unspecified atom stereocenters. The van der Waals surface area contributed by atoms with Crippen molar-refractivity contribution in [1.82, 2.24) is 15.6 Å². The number of nitrogens with zero attached hydrogens (tertiary/aromatic N) is 1. The van der Waals surface area contributed by atoms with Crippen LogP contribution in [0.25, 0.3) is 0 Å². The zero-order valence-corrected chi connectivity index (χ0v) is 19.0. The number of halogens is 9. The molecule has 210 valence electrons. The number of benzene rings is 1. The molecule has 1 aromatic heterocycles.